The number of hydrogen-bond acceptors (Lipinski definition) is 2. The van der Waals surface area contributed by atoms with Crippen LogP contribution in [0, 0.1) is 0 Å². The fraction of sp³-hybridized carbons (Fsp3) is 0. The van der Waals surface area contributed by atoms with E-state index in [0.717, 1.165) is 38.2 Å². The molecule has 2 N–H and O–H groups in total. The quantitative estimate of drug-likeness (QED) is 0.569. The van der Waals surface area contributed by atoms with Crippen LogP contribution in [0.25, 0.3) is 33.7 Å². The zero-order valence-electron chi connectivity index (χ0n) is 11.0. The summed E-state index contributed by atoms with van der Waals surface area (Å²) in [6.07, 6.45) is 1.82. The summed E-state index contributed by atoms with van der Waals surface area (Å²) in [5.41, 5.74) is 5.07. The van der Waals surface area contributed by atoms with Crippen molar-refractivity contribution in [2.24, 2.45) is 0 Å². The molecule has 102 valence electrons. The number of nitrogens with one attached hydrogen (secondary N) is 2. The van der Waals surface area contributed by atoms with E-state index in [-0.39, 0.29) is 0 Å². The van der Waals surface area contributed by atoms with E-state index >= 15 is 0 Å². The van der Waals surface area contributed by atoms with E-state index in [2.05, 4.69) is 60.4 Å². The largest absolute Gasteiger partial charge is 0.338 e. The molecule has 0 spiro atoms. The molecule has 0 aliphatic carbocycles. The predicted molar refractivity (Wildman–Crippen MR) is 86.8 cm³/mol. The van der Waals surface area contributed by atoms with Crippen molar-refractivity contribution in [2.75, 3.05) is 0 Å². The van der Waals surface area contributed by atoms with E-state index in [0.29, 0.717) is 0 Å². The molecule has 2 aromatic carbocycles. The maximum Gasteiger partial charge on any atom is 0.138 e. The molecule has 4 rings (SSSR count). The van der Waals surface area contributed by atoms with Gasteiger partial charge in [0.25, 0.3) is 0 Å². The SMILES string of the molecule is Brc1ccc2[nH]c(-c3ccc(-c4cc[nH]n4)cc3)nc2c1. The molecule has 0 atom stereocenters. The van der Waals surface area contributed by atoms with E-state index in [4.69, 9.17) is 0 Å². The van der Waals surface area contributed by atoms with E-state index in [9.17, 15) is 0 Å². The average molecular weight is 339 g/mol. The number of imidazole rings is 1. The Morgan fingerprint density at radius 2 is 1.71 bits per heavy atom. The van der Waals surface area contributed by atoms with Crippen molar-refractivity contribution in [2.45, 2.75) is 0 Å². The van der Waals surface area contributed by atoms with Gasteiger partial charge in [-0.15, -0.1) is 0 Å². The number of benzene rings is 2. The minimum absolute atomic E-state index is 0.872. The lowest BCUT2D eigenvalue weighted by molar-refractivity contribution is 1.10. The molecule has 0 saturated carbocycles. The third-order valence-electron chi connectivity index (χ3n) is 3.40. The highest BCUT2D eigenvalue weighted by Gasteiger charge is 2.06. The monoisotopic (exact) mass is 338 g/mol. The number of halogens is 1. The highest BCUT2D eigenvalue weighted by Crippen LogP contribution is 2.25. The van der Waals surface area contributed by atoms with E-state index in [1.165, 1.54) is 0 Å². The van der Waals surface area contributed by atoms with Crippen LogP contribution < -0.4 is 0 Å². The van der Waals surface area contributed by atoms with Crippen molar-refractivity contribution in [1.29, 1.82) is 0 Å². The fourth-order valence-electron chi connectivity index (χ4n) is 2.34. The first-order valence-corrected chi connectivity index (χ1v) is 7.35. The Morgan fingerprint density at radius 3 is 2.48 bits per heavy atom. The zero-order valence-corrected chi connectivity index (χ0v) is 12.6. The normalized spacial score (nSPS) is 11.1. The topological polar surface area (TPSA) is 57.4 Å². The van der Waals surface area contributed by atoms with Crippen molar-refractivity contribution in [3.05, 3.63) is 59.2 Å². The van der Waals surface area contributed by atoms with Gasteiger partial charge in [0.1, 0.15) is 5.82 Å². The van der Waals surface area contributed by atoms with Gasteiger partial charge in [-0.1, -0.05) is 40.2 Å². The third kappa shape index (κ3) is 2.25. The molecule has 4 nitrogen and oxygen atoms in total. The van der Waals surface area contributed by atoms with Crippen LogP contribution in [0.15, 0.2) is 59.2 Å². The summed E-state index contributed by atoms with van der Waals surface area (Å²) in [6, 6.07) is 16.2. The Labute approximate surface area is 129 Å². The molecule has 0 aliphatic heterocycles. The maximum atomic E-state index is 4.63. The Hall–Kier alpha value is -2.40. The predicted octanol–water partition coefficient (Wildman–Crippen LogP) is 4.38. The van der Waals surface area contributed by atoms with Crippen molar-refractivity contribution in [3.8, 4) is 22.6 Å². The summed E-state index contributed by atoms with van der Waals surface area (Å²) >= 11 is 3.47. The van der Waals surface area contributed by atoms with Gasteiger partial charge in [0.15, 0.2) is 0 Å². The number of nitrogens with zero attached hydrogens (tertiary/aromatic N) is 2. The van der Waals surface area contributed by atoms with Crippen LogP contribution in [0.4, 0.5) is 0 Å². The molecular weight excluding hydrogens is 328 g/mol. The highest BCUT2D eigenvalue weighted by atomic mass is 79.9. The van der Waals surface area contributed by atoms with Gasteiger partial charge in [-0.25, -0.2) is 4.98 Å². The van der Waals surface area contributed by atoms with E-state index < -0.39 is 0 Å². The van der Waals surface area contributed by atoms with Gasteiger partial charge in [-0.05, 0) is 24.3 Å². The van der Waals surface area contributed by atoms with Crippen molar-refractivity contribution in [3.63, 3.8) is 0 Å². The second-order valence-electron chi connectivity index (χ2n) is 4.78. The molecular formula is C16H11BrN4. The first kappa shape index (κ1) is 12.3. The van der Waals surface area contributed by atoms with E-state index in [1.54, 1.807) is 0 Å². The van der Waals surface area contributed by atoms with Gasteiger partial charge in [0, 0.05) is 21.8 Å². The van der Waals surface area contributed by atoms with Gasteiger partial charge in [-0.2, -0.15) is 5.10 Å². The molecule has 0 saturated heterocycles. The van der Waals surface area contributed by atoms with Gasteiger partial charge >= 0.3 is 0 Å². The zero-order chi connectivity index (χ0) is 14.2. The number of aromatic amines is 2. The summed E-state index contributed by atoms with van der Waals surface area (Å²) < 4.78 is 1.03. The molecule has 4 aromatic rings. The lowest BCUT2D eigenvalue weighted by Gasteiger charge is -1.99. The standard InChI is InChI=1S/C16H11BrN4/c17-12-5-6-14-15(9-12)20-16(19-14)11-3-1-10(2-4-11)13-7-8-18-21-13/h1-9H,(H,18,21)(H,19,20). The maximum absolute atomic E-state index is 4.63. The summed E-state index contributed by atoms with van der Waals surface area (Å²) in [5.74, 6) is 0.872. The Bertz CT molecular complexity index is 892. The molecule has 2 aromatic heterocycles. The van der Waals surface area contributed by atoms with Crippen molar-refractivity contribution >= 4 is 27.0 Å². The smallest absolute Gasteiger partial charge is 0.138 e. The molecule has 0 aliphatic rings. The van der Waals surface area contributed by atoms with Crippen molar-refractivity contribution < 1.29 is 0 Å². The molecule has 0 unspecified atom stereocenters. The average Bonchev–Trinajstić information content (AvgIpc) is 3.16. The Kier molecular flexibility index (Phi) is 2.86. The van der Waals surface area contributed by atoms with Crippen LogP contribution in [0.5, 0.6) is 0 Å². The first-order valence-electron chi connectivity index (χ1n) is 6.55. The second kappa shape index (κ2) is 4.86. The van der Waals surface area contributed by atoms with Crippen LogP contribution in [-0.4, -0.2) is 20.2 Å². The number of fused-ring (bicyclic) bond motifs is 1. The molecule has 0 fully saturated rings. The summed E-state index contributed by atoms with van der Waals surface area (Å²) in [7, 11) is 0. The molecule has 0 bridgehead atoms. The molecule has 0 amide bonds. The minimum Gasteiger partial charge on any atom is -0.338 e. The lowest BCUT2D eigenvalue weighted by Crippen LogP contribution is -1.82. The van der Waals surface area contributed by atoms with Gasteiger partial charge < -0.3 is 4.98 Å². The molecule has 21 heavy (non-hydrogen) atoms. The lowest BCUT2D eigenvalue weighted by atomic mass is 10.1. The highest BCUT2D eigenvalue weighted by molar-refractivity contribution is 9.10. The second-order valence-corrected chi connectivity index (χ2v) is 5.70. The molecule has 5 heteroatoms. The number of H-pyrrole nitrogens is 2. The Balaban J connectivity index is 1.74. The first-order chi connectivity index (χ1) is 10.3. The molecule has 2 heterocycles. The van der Waals surface area contributed by atoms with Gasteiger partial charge in [0.2, 0.25) is 0 Å². The number of hydrogen-bond donors (Lipinski definition) is 2. The minimum atomic E-state index is 0.872. The Morgan fingerprint density at radius 1 is 0.905 bits per heavy atom. The fourth-order valence-corrected chi connectivity index (χ4v) is 2.68. The number of rotatable bonds is 2. The third-order valence-corrected chi connectivity index (χ3v) is 3.89. The molecule has 0 radical (unpaired) electrons. The summed E-state index contributed by atoms with van der Waals surface area (Å²) in [5, 5.41) is 7.00. The summed E-state index contributed by atoms with van der Waals surface area (Å²) in [4.78, 5) is 7.97. The van der Waals surface area contributed by atoms with Crippen LogP contribution in [-0.2, 0) is 0 Å². The van der Waals surface area contributed by atoms with Crippen LogP contribution in [0.2, 0.25) is 0 Å². The van der Waals surface area contributed by atoms with Crippen molar-refractivity contribution in [1.82, 2.24) is 20.2 Å². The number of aromatic nitrogens is 4. The summed E-state index contributed by atoms with van der Waals surface area (Å²) in [6.45, 7) is 0. The van der Waals surface area contributed by atoms with Crippen LogP contribution >= 0.6 is 15.9 Å². The van der Waals surface area contributed by atoms with Gasteiger partial charge in [-0.3, -0.25) is 5.10 Å². The van der Waals surface area contributed by atoms with Crippen LogP contribution in [0.3, 0.4) is 0 Å². The van der Waals surface area contributed by atoms with Crippen LogP contribution in [0.1, 0.15) is 0 Å². The van der Waals surface area contributed by atoms with Gasteiger partial charge in [0.05, 0.1) is 16.7 Å². The van der Waals surface area contributed by atoms with E-state index in [1.807, 2.05) is 30.5 Å².